The predicted molar refractivity (Wildman–Crippen MR) is 103 cm³/mol. The summed E-state index contributed by atoms with van der Waals surface area (Å²) in [6, 6.07) is 1.78. The Hall–Kier alpha value is -3.89. The molecule has 0 aliphatic heterocycles. The third-order valence-electron chi connectivity index (χ3n) is 4.28. The number of nitrogens with one attached hydrogen (secondary N) is 2. The summed E-state index contributed by atoms with van der Waals surface area (Å²) in [6.45, 7) is 5.46. The number of rotatable bonds is 5. The van der Waals surface area contributed by atoms with Gasteiger partial charge in [-0.3, -0.25) is 4.79 Å². The highest BCUT2D eigenvalue weighted by Gasteiger charge is 2.21. The van der Waals surface area contributed by atoms with Crippen LogP contribution in [0.25, 0.3) is 22.2 Å². The zero-order valence-corrected chi connectivity index (χ0v) is 15.9. The van der Waals surface area contributed by atoms with Crippen molar-refractivity contribution in [2.75, 3.05) is 5.32 Å². The second-order valence-electron chi connectivity index (χ2n) is 6.68. The van der Waals surface area contributed by atoms with Crippen LogP contribution in [-0.4, -0.2) is 52.7 Å². The minimum Gasteiger partial charge on any atom is -0.449 e. The topological polar surface area (TPSA) is 141 Å². The normalized spacial score (nSPS) is 12.4. The Morgan fingerprint density at radius 2 is 1.97 bits per heavy atom. The highest BCUT2D eigenvalue weighted by Crippen LogP contribution is 2.18. The average molecular weight is 394 g/mol. The number of imidazole rings is 1. The van der Waals surface area contributed by atoms with Gasteiger partial charge in [-0.1, -0.05) is 0 Å². The van der Waals surface area contributed by atoms with Gasteiger partial charge in [-0.05, 0) is 26.8 Å². The highest BCUT2D eigenvalue weighted by atomic mass is 16.5. The molecule has 0 aliphatic rings. The number of hydrogen-bond donors (Lipinski definition) is 2. The molecule has 0 saturated heterocycles. The number of nitrogens with zero attached hydrogens (tertiary/aromatic N) is 6. The molecule has 4 aromatic heterocycles. The first-order valence-electron chi connectivity index (χ1n) is 8.93. The first kappa shape index (κ1) is 18.5. The minimum absolute atomic E-state index is 0.143. The lowest BCUT2D eigenvalue weighted by atomic mass is 10.2. The van der Waals surface area contributed by atoms with E-state index in [-0.39, 0.29) is 17.4 Å². The summed E-state index contributed by atoms with van der Waals surface area (Å²) in [5.74, 6) is -0.937. The first-order chi connectivity index (χ1) is 13.9. The van der Waals surface area contributed by atoms with E-state index in [0.29, 0.717) is 22.2 Å². The highest BCUT2D eigenvalue weighted by molar-refractivity contribution is 6.00. The summed E-state index contributed by atoms with van der Waals surface area (Å²) in [7, 11) is 0. The molecule has 0 radical (unpaired) electrons. The van der Waals surface area contributed by atoms with E-state index >= 15 is 0 Å². The Morgan fingerprint density at radius 1 is 1.14 bits per heavy atom. The molecule has 4 heterocycles. The molecule has 11 heteroatoms. The number of carbonyl (C=O) groups is 2. The number of anilines is 1. The Kier molecular flexibility index (Phi) is 4.63. The van der Waals surface area contributed by atoms with Gasteiger partial charge in [-0.15, -0.1) is 0 Å². The quantitative estimate of drug-likeness (QED) is 0.489. The lowest BCUT2D eigenvalue weighted by molar-refractivity contribution is -0.123. The molecule has 29 heavy (non-hydrogen) atoms. The van der Waals surface area contributed by atoms with Gasteiger partial charge >= 0.3 is 5.97 Å². The van der Waals surface area contributed by atoms with Gasteiger partial charge < -0.3 is 15.0 Å². The Labute approximate surface area is 164 Å². The van der Waals surface area contributed by atoms with Gasteiger partial charge in [0.15, 0.2) is 23.2 Å². The van der Waals surface area contributed by atoms with E-state index in [1.165, 1.54) is 25.8 Å². The standard InChI is InChI=1S/C18H18N8O3/c1-9(2)26-16-11(6-24-26)4-12(5-19-16)18(28)29-10(3)17(27)25-15-13-14(21-7-20-13)22-8-23-15/h4-10H,1-3H3,(H2,20,21,22,23,25,27). The molecule has 1 atom stereocenters. The molecule has 1 unspecified atom stereocenters. The molecule has 1 amide bonds. The van der Waals surface area contributed by atoms with Crippen molar-refractivity contribution in [3.05, 3.63) is 36.7 Å². The van der Waals surface area contributed by atoms with E-state index in [1.807, 2.05) is 13.8 Å². The van der Waals surface area contributed by atoms with E-state index < -0.39 is 18.0 Å². The van der Waals surface area contributed by atoms with Gasteiger partial charge in [0.05, 0.1) is 18.1 Å². The number of pyridine rings is 1. The monoisotopic (exact) mass is 394 g/mol. The molecule has 148 valence electrons. The van der Waals surface area contributed by atoms with Gasteiger partial charge in [-0.25, -0.2) is 29.4 Å². The van der Waals surface area contributed by atoms with E-state index in [4.69, 9.17) is 4.74 Å². The van der Waals surface area contributed by atoms with Crippen LogP contribution >= 0.6 is 0 Å². The lowest BCUT2D eigenvalue weighted by Crippen LogP contribution is -2.30. The molecule has 4 aromatic rings. The zero-order valence-electron chi connectivity index (χ0n) is 15.9. The molecule has 4 rings (SSSR count). The molecule has 11 nitrogen and oxygen atoms in total. The fraction of sp³-hybridized carbons (Fsp3) is 0.278. The van der Waals surface area contributed by atoms with E-state index in [0.717, 1.165) is 0 Å². The molecule has 0 aromatic carbocycles. The molecule has 0 spiro atoms. The number of aromatic nitrogens is 7. The predicted octanol–water partition coefficient (Wildman–Crippen LogP) is 1.86. The van der Waals surface area contributed by atoms with Crippen LogP contribution in [0.5, 0.6) is 0 Å². The number of esters is 1. The zero-order chi connectivity index (χ0) is 20.5. The minimum atomic E-state index is -1.05. The number of H-pyrrole nitrogens is 1. The molecule has 0 bridgehead atoms. The maximum absolute atomic E-state index is 12.5. The van der Waals surface area contributed by atoms with Crippen LogP contribution in [0.1, 0.15) is 37.2 Å². The van der Waals surface area contributed by atoms with Crippen molar-refractivity contribution in [2.45, 2.75) is 32.9 Å². The van der Waals surface area contributed by atoms with E-state index in [9.17, 15) is 9.59 Å². The van der Waals surface area contributed by atoms with Crippen molar-refractivity contribution < 1.29 is 14.3 Å². The molecule has 0 aliphatic carbocycles. The SMILES string of the molecule is CC(OC(=O)c1cnc2c(cnn2C(C)C)c1)C(=O)Nc1ncnc2nc[nH]c12. The number of fused-ring (bicyclic) bond motifs is 2. The number of hydrogen-bond acceptors (Lipinski definition) is 8. The maximum Gasteiger partial charge on any atom is 0.340 e. The molecule has 0 saturated carbocycles. The molecule has 0 fully saturated rings. The van der Waals surface area contributed by atoms with Crippen LogP contribution in [0.3, 0.4) is 0 Å². The number of ether oxygens (including phenoxy) is 1. The number of carbonyl (C=O) groups excluding carboxylic acids is 2. The number of amides is 1. The van der Waals surface area contributed by atoms with Crippen LogP contribution in [0, 0.1) is 0 Å². The van der Waals surface area contributed by atoms with Gasteiger partial charge in [0.2, 0.25) is 0 Å². The molecular formula is C18H18N8O3. The van der Waals surface area contributed by atoms with Crippen molar-refractivity contribution in [3.63, 3.8) is 0 Å². The smallest absolute Gasteiger partial charge is 0.340 e. The summed E-state index contributed by atoms with van der Waals surface area (Å²) in [6.07, 6.45) is 4.73. The summed E-state index contributed by atoms with van der Waals surface area (Å²) in [5, 5.41) is 7.59. The Balaban J connectivity index is 1.47. The fourth-order valence-corrected chi connectivity index (χ4v) is 2.79. The Bertz CT molecular complexity index is 1210. The van der Waals surface area contributed by atoms with Crippen LogP contribution < -0.4 is 5.32 Å². The van der Waals surface area contributed by atoms with Crippen molar-refractivity contribution >= 4 is 39.9 Å². The van der Waals surface area contributed by atoms with Gasteiger partial charge in [0.1, 0.15) is 11.8 Å². The molecular weight excluding hydrogens is 376 g/mol. The number of aromatic amines is 1. The maximum atomic E-state index is 12.5. The van der Waals surface area contributed by atoms with Gasteiger partial charge in [0, 0.05) is 17.6 Å². The first-order valence-corrected chi connectivity index (χ1v) is 8.93. The average Bonchev–Trinajstić information content (AvgIpc) is 3.34. The van der Waals surface area contributed by atoms with Crippen molar-refractivity contribution in [2.24, 2.45) is 0 Å². The van der Waals surface area contributed by atoms with Crippen LogP contribution in [0.2, 0.25) is 0 Å². The van der Waals surface area contributed by atoms with Crippen molar-refractivity contribution in [1.82, 2.24) is 34.7 Å². The summed E-state index contributed by atoms with van der Waals surface area (Å²) >= 11 is 0. The van der Waals surface area contributed by atoms with E-state index in [2.05, 4.69) is 35.3 Å². The second kappa shape index (κ2) is 7.26. The third-order valence-corrected chi connectivity index (χ3v) is 4.28. The van der Waals surface area contributed by atoms with E-state index in [1.54, 1.807) is 16.9 Å². The largest absolute Gasteiger partial charge is 0.449 e. The van der Waals surface area contributed by atoms with Crippen molar-refractivity contribution in [1.29, 1.82) is 0 Å². The molecule has 2 N–H and O–H groups in total. The summed E-state index contributed by atoms with van der Waals surface area (Å²) in [5.41, 5.74) is 1.81. The summed E-state index contributed by atoms with van der Waals surface area (Å²) in [4.78, 5) is 44.0. The fourth-order valence-electron chi connectivity index (χ4n) is 2.79. The van der Waals surface area contributed by atoms with Gasteiger partial charge in [-0.2, -0.15) is 5.10 Å². The van der Waals surface area contributed by atoms with Crippen LogP contribution in [-0.2, 0) is 9.53 Å². The second-order valence-corrected chi connectivity index (χ2v) is 6.68. The Morgan fingerprint density at radius 3 is 2.76 bits per heavy atom. The summed E-state index contributed by atoms with van der Waals surface area (Å²) < 4.78 is 7.04. The van der Waals surface area contributed by atoms with Crippen LogP contribution in [0.4, 0.5) is 5.82 Å². The van der Waals surface area contributed by atoms with Crippen molar-refractivity contribution in [3.8, 4) is 0 Å². The van der Waals surface area contributed by atoms with Gasteiger partial charge in [0.25, 0.3) is 5.91 Å². The third kappa shape index (κ3) is 3.49. The lowest BCUT2D eigenvalue weighted by Gasteiger charge is -2.13. The van der Waals surface area contributed by atoms with Crippen LogP contribution in [0.15, 0.2) is 31.1 Å².